The molecular weight excluding hydrogens is 605 g/mol. The molecule has 2 aliphatic rings. The Balaban J connectivity index is 1.53. The van der Waals surface area contributed by atoms with Crippen molar-refractivity contribution in [2.45, 2.75) is 107 Å². The molecule has 15 heteroatoms. The Kier molecular flexibility index (Phi) is 9.58. The van der Waals surface area contributed by atoms with E-state index in [-0.39, 0.29) is 28.8 Å². The lowest BCUT2D eigenvalue weighted by Crippen LogP contribution is -2.49. The molecule has 0 spiro atoms. The van der Waals surface area contributed by atoms with E-state index in [2.05, 4.69) is 55.4 Å². The Morgan fingerprint density at radius 1 is 1.49 bits per heavy atom. The number of halogens is 1. The monoisotopic (exact) mass is 646 g/mol. The molecule has 1 aliphatic heterocycles. The summed E-state index contributed by atoms with van der Waals surface area (Å²) in [7, 11) is -2.43. The Hall–Kier alpha value is -1.25. The number of ether oxygens (including phenoxy) is 1. The van der Waals surface area contributed by atoms with Gasteiger partial charge in [-0.2, -0.15) is 9.51 Å². The highest BCUT2D eigenvalue weighted by atomic mass is 32.9. The Morgan fingerprint density at radius 3 is 2.78 bits per heavy atom. The van der Waals surface area contributed by atoms with E-state index in [9.17, 15) is 9.90 Å². The molecule has 10 nitrogen and oxygen atoms in total. The average Bonchev–Trinajstić information content (AvgIpc) is 3.39. The van der Waals surface area contributed by atoms with Gasteiger partial charge in [-0.15, -0.1) is 0 Å². The Labute approximate surface area is 251 Å². The third-order valence-corrected chi connectivity index (χ3v) is 17.6. The summed E-state index contributed by atoms with van der Waals surface area (Å²) in [6.45, 7) is 18.5. The summed E-state index contributed by atoms with van der Waals surface area (Å²) in [5, 5.41) is 10.8. The highest BCUT2D eigenvalue weighted by Gasteiger charge is 2.53. The van der Waals surface area contributed by atoms with Crippen LogP contribution in [0.2, 0.25) is 18.1 Å². The Morgan fingerprint density at radius 2 is 2.17 bits per heavy atom. The molecule has 0 radical (unpaired) electrons. The van der Waals surface area contributed by atoms with Crippen LogP contribution in [-0.4, -0.2) is 68.8 Å². The number of H-pyrrole nitrogens is 1. The van der Waals surface area contributed by atoms with Crippen molar-refractivity contribution < 1.29 is 23.2 Å². The number of alkyl halides is 1. The van der Waals surface area contributed by atoms with Gasteiger partial charge >= 0.3 is 6.13 Å². The number of rotatable bonds is 9. The quantitative estimate of drug-likeness (QED) is 0.186. The van der Waals surface area contributed by atoms with Crippen LogP contribution in [0.5, 0.6) is 0 Å². The van der Waals surface area contributed by atoms with Crippen molar-refractivity contribution in [1.29, 1.82) is 0 Å². The molecule has 0 aromatic carbocycles. The maximum absolute atomic E-state index is 16.3. The topological polar surface area (TPSA) is 138 Å². The minimum atomic E-state index is -2.43. The standard InChI is InChI=1S/C26H41FN5O5PS2Si/c1-14(2)15-9-10-26(6,17(33)11-15)40-38(39)35-12-16-20(37-41(7,8)25(3,4)5)18(27)23(36-16)32-13-29-19-21(32)30-24(28)31-22(19)34/h13,15-18,20,23,33H,1,9-12H2,2-8H3,(H2-,28,30,31,34)/p+1/t15-,16+,17+,18+,20?,23+,26+/m0/s1. The molecule has 41 heavy (non-hydrogen) atoms. The summed E-state index contributed by atoms with van der Waals surface area (Å²) in [5.74, 6) is 0.197. The molecule has 3 heterocycles. The predicted octanol–water partition coefficient (Wildman–Crippen LogP) is 5.35. The van der Waals surface area contributed by atoms with E-state index in [4.69, 9.17) is 31.2 Å². The molecule has 228 valence electrons. The first-order valence-electron chi connectivity index (χ1n) is 13.8. The summed E-state index contributed by atoms with van der Waals surface area (Å²) in [5.41, 5.74) is 6.49. The minimum absolute atomic E-state index is 0.0156. The number of hydrogen-bond acceptors (Lipinski definition) is 10. The van der Waals surface area contributed by atoms with Crippen LogP contribution in [0.1, 0.15) is 60.1 Å². The van der Waals surface area contributed by atoms with Crippen molar-refractivity contribution >= 4 is 54.7 Å². The number of aliphatic hydroxyl groups excluding tert-OH is 1. The molecule has 2 unspecified atom stereocenters. The van der Waals surface area contributed by atoms with Crippen LogP contribution in [0.4, 0.5) is 10.3 Å². The molecular formula is C26H42FN5O5PS2Si+. The van der Waals surface area contributed by atoms with Crippen molar-refractivity contribution in [3.8, 4) is 0 Å². The number of fused-ring (bicyclic) bond motifs is 1. The van der Waals surface area contributed by atoms with Gasteiger partial charge in [0.05, 0.1) is 17.2 Å². The van der Waals surface area contributed by atoms with E-state index in [0.29, 0.717) is 12.3 Å². The van der Waals surface area contributed by atoms with Gasteiger partial charge in [-0.25, -0.2) is 9.37 Å². The van der Waals surface area contributed by atoms with E-state index in [1.54, 1.807) is 0 Å². The largest absolute Gasteiger partial charge is 0.415 e. The fourth-order valence-electron chi connectivity index (χ4n) is 4.99. The second-order valence-corrected chi connectivity index (χ2v) is 22.7. The molecule has 0 bridgehead atoms. The normalized spacial score (nSPS) is 31.5. The number of nitrogens with one attached hydrogen (secondary N) is 1. The van der Waals surface area contributed by atoms with Gasteiger partial charge in [0.2, 0.25) is 17.8 Å². The zero-order chi connectivity index (χ0) is 30.5. The van der Waals surface area contributed by atoms with Gasteiger partial charge in [0.15, 0.2) is 31.9 Å². The van der Waals surface area contributed by atoms with Crippen molar-refractivity contribution in [2.24, 2.45) is 5.92 Å². The van der Waals surface area contributed by atoms with E-state index >= 15 is 4.39 Å². The summed E-state index contributed by atoms with van der Waals surface area (Å²) < 4.78 is 36.1. The maximum atomic E-state index is 16.3. The maximum Gasteiger partial charge on any atom is 0.415 e. The number of aromatic amines is 1. The van der Waals surface area contributed by atoms with Crippen LogP contribution in [-0.2, 0) is 25.5 Å². The first-order valence-corrected chi connectivity index (χ1v) is 20.4. The zero-order valence-corrected chi connectivity index (χ0v) is 28.2. The third-order valence-electron chi connectivity index (χ3n) is 8.75. The highest BCUT2D eigenvalue weighted by molar-refractivity contribution is 8.63. The Bertz CT molecular complexity index is 1370. The molecule has 0 amide bonds. The van der Waals surface area contributed by atoms with Crippen LogP contribution in [0.3, 0.4) is 0 Å². The third kappa shape index (κ3) is 6.80. The zero-order valence-electron chi connectivity index (χ0n) is 24.7. The number of nitrogens with two attached hydrogens (primary N) is 1. The molecule has 2 aromatic heterocycles. The molecule has 1 saturated carbocycles. The van der Waals surface area contributed by atoms with Crippen LogP contribution in [0, 0.1) is 5.92 Å². The van der Waals surface area contributed by atoms with Gasteiger partial charge in [-0.3, -0.25) is 14.3 Å². The number of hydrogen-bond donors (Lipinski definition) is 3. The number of allylic oxidation sites excluding steroid dienone is 1. The molecule has 8 atom stereocenters. The van der Waals surface area contributed by atoms with Gasteiger partial charge in [-0.1, -0.05) is 32.9 Å². The van der Waals surface area contributed by atoms with Crippen molar-refractivity contribution in [3.05, 3.63) is 28.8 Å². The lowest BCUT2D eigenvalue weighted by molar-refractivity contribution is -0.0377. The summed E-state index contributed by atoms with van der Waals surface area (Å²) in [6, 6.07) is 0. The van der Waals surface area contributed by atoms with E-state index in [1.165, 1.54) is 22.3 Å². The summed E-state index contributed by atoms with van der Waals surface area (Å²) in [6.07, 6.45) is -2.72. The number of aromatic nitrogens is 4. The lowest BCUT2D eigenvalue weighted by Gasteiger charge is -2.39. The minimum Gasteiger partial charge on any atom is -0.408 e. The molecule has 1 aliphatic carbocycles. The second-order valence-electron chi connectivity index (χ2n) is 12.9. The van der Waals surface area contributed by atoms with E-state index in [1.807, 2.05) is 13.8 Å². The predicted molar refractivity (Wildman–Crippen MR) is 168 cm³/mol. The lowest BCUT2D eigenvalue weighted by atomic mass is 9.77. The van der Waals surface area contributed by atoms with Crippen molar-refractivity contribution in [2.75, 3.05) is 12.3 Å². The molecule has 2 fully saturated rings. The number of nitrogen functional groups attached to an aromatic ring is 1. The SMILES string of the molecule is C=C(C)[C@H]1CC[C@@](C)(S[P+](=S)OC[C@H]2O[C@@H](n3cnc4c(=O)[nH]c(N)nc43)[C@H](F)C2O[Si](C)(C)C(C)(C)C)[C@H](O)C1. The van der Waals surface area contributed by atoms with Gasteiger partial charge in [0.25, 0.3) is 5.56 Å². The fraction of sp³-hybridized carbons (Fsp3) is 0.731. The number of nitrogens with zero attached hydrogens (tertiary/aromatic N) is 3. The first-order chi connectivity index (χ1) is 18.9. The second kappa shape index (κ2) is 12.0. The van der Waals surface area contributed by atoms with Crippen LogP contribution < -0.4 is 11.3 Å². The fourth-order valence-corrected chi connectivity index (χ4v) is 11.1. The summed E-state index contributed by atoms with van der Waals surface area (Å²) >= 11 is 7.18. The number of anilines is 1. The number of imidazole rings is 1. The van der Waals surface area contributed by atoms with E-state index < -0.39 is 55.5 Å². The van der Waals surface area contributed by atoms with Crippen molar-refractivity contribution in [3.63, 3.8) is 0 Å². The molecule has 4 N–H and O–H groups in total. The average molecular weight is 647 g/mol. The van der Waals surface area contributed by atoms with Gasteiger partial charge in [0, 0.05) is 0 Å². The molecule has 1 saturated heterocycles. The van der Waals surface area contributed by atoms with Crippen molar-refractivity contribution in [1.82, 2.24) is 19.5 Å². The first kappa shape index (κ1) is 32.7. The van der Waals surface area contributed by atoms with Crippen LogP contribution in [0.15, 0.2) is 23.3 Å². The number of aliphatic hydroxyl groups is 1. The molecule has 4 rings (SSSR count). The molecule has 2 aromatic rings. The highest BCUT2D eigenvalue weighted by Crippen LogP contribution is 2.55. The van der Waals surface area contributed by atoms with Gasteiger partial charge in [0.1, 0.15) is 30.2 Å². The van der Waals surface area contributed by atoms with Crippen LogP contribution in [0.25, 0.3) is 11.2 Å². The van der Waals surface area contributed by atoms with Gasteiger partial charge in [-0.05, 0) is 57.2 Å². The van der Waals surface area contributed by atoms with Crippen LogP contribution >= 0.6 is 17.5 Å². The summed E-state index contributed by atoms with van der Waals surface area (Å²) in [4.78, 5) is 23.0. The van der Waals surface area contributed by atoms with E-state index in [0.717, 1.165) is 18.4 Å². The smallest absolute Gasteiger partial charge is 0.408 e. The van der Waals surface area contributed by atoms with Gasteiger partial charge < -0.3 is 20.0 Å².